The summed E-state index contributed by atoms with van der Waals surface area (Å²) < 4.78 is 33.1. The molecule has 8 heteroatoms. The van der Waals surface area contributed by atoms with Crippen molar-refractivity contribution in [1.82, 2.24) is 4.90 Å². The molecular formula is C16H21NO6S. The number of benzene rings is 1. The Bertz CT molecular complexity index is 698. The number of rotatable bonds is 6. The van der Waals surface area contributed by atoms with Crippen LogP contribution in [0.3, 0.4) is 0 Å². The third-order valence-electron chi connectivity index (χ3n) is 4.01. The fraction of sp³-hybridized carbons (Fsp3) is 0.500. The van der Waals surface area contributed by atoms with Gasteiger partial charge in [0.15, 0.2) is 9.84 Å². The Balaban J connectivity index is 2.12. The summed E-state index contributed by atoms with van der Waals surface area (Å²) >= 11 is 0. The zero-order valence-electron chi connectivity index (χ0n) is 13.7. The third-order valence-corrected chi connectivity index (χ3v) is 5.76. The summed E-state index contributed by atoms with van der Waals surface area (Å²) in [5.74, 6) is -0.265. The minimum Gasteiger partial charge on any atom is -0.497 e. The van der Waals surface area contributed by atoms with Crippen molar-refractivity contribution in [2.24, 2.45) is 0 Å². The molecule has 1 aliphatic heterocycles. The number of hydrogen-bond acceptors (Lipinski definition) is 6. The molecule has 0 radical (unpaired) electrons. The van der Waals surface area contributed by atoms with Gasteiger partial charge in [-0.2, -0.15) is 0 Å². The summed E-state index contributed by atoms with van der Waals surface area (Å²) in [7, 11) is -0.371. The molecule has 1 aliphatic rings. The predicted octanol–water partition coefficient (Wildman–Crippen LogP) is 0.426. The molecule has 1 amide bonds. The first kappa shape index (κ1) is 18.3. The van der Waals surface area contributed by atoms with Crippen LogP contribution in [0.2, 0.25) is 0 Å². The molecular weight excluding hydrogens is 334 g/mol. The maximum absolute atomic E-state index is 12.6. The van der Waals surface area contributed by atoms with Crippen LogP contribution >= 0.6 is 0 Å². The molecule has 132 valence electrons. The van der Waals surface area contributed by atoms with Crippen LogP contribution in [-0.2, 0) is 30.6 Å². The number of amides is 1. The maximum Gasteiger partial charge on any atom is 0.325 e. The predicted molar refractivity (Wildman–Crippen MR) is 87.5 cm³/mol. The van der Waals surface area contributed by atoms with E-state index in [4.69, 9.17) is 4.74 Å². The Labute approximate surface area is 141 Å². The Morgan fingerprint density at radius 1 is 1.21 bits per heavy atom. The molecule has 1 aromatic carbocycles. The zero-order chi connectivity index (χ0) is 17.7. The molecule has 1 aromatic rings. The third kappa shape index (κ3) is 4.70. The number of methoxy groups -OCH3 is 2. The van der Waals surface area contributed by atoms with Gasteiger partial charge in [0, 0.05) is 6.04 Å². The second-order valence-electron chi connectivity index (χ2n) is 5.68. The van der Waals surface area contributed by atoms with E-state index in [9.17, 15) is 18.0 Å². The molecule has 1 heterocycles. The minimum absolute atomic E-state index is 0.0329. The fourth-order valence-electron chi connectivity index (χ4n) is 2.67. The smallest absolute Gasteiger partial charge is 0.325 e. The summed E-state index contributed by atoms with van der Waals surface area (Å²) in [6.45, 7) is -0.244. The average Bonchev–Trinajstić information content (AvgIpc) is 2.92. The average molecular weight is 355 g/mol. The highest BCUT2D eigenvalue weighted by atomic mass is 32.2. The van der Waals surface area contributed by atoms with Crippen LogP contribution in [0.5, 0.6) is 5.75 Å². The van der Waals surface area contributed by atoms with E-state index in [0.29, 0.717) is 12.2 Å². The van der Waals surface area contributed by atoms with E-state index in [2.05, 4.69) is 4.74 Å². The van der Waals surface area contributed by atoms with Crippen LogP contribution in [-0.4, -0.2) is 63.5 Å². The summed E-state index contributed by atoms with van der Waals surface area (Å²) in [5, 5.41) is 0. The lowest BCUT2D eigenvalue weighted by Crippen LogP contribution is -2.45. The number of nitrogens with zero attached hydrogens (tertiary/aromatic N) is 1. The van der Waals surface area contributed by atoms with Gasteiger partial charge in [-0.3, -0.25) is 9.59 Å². The van der Waals surface area contributed by atoms with E-state index in [0.717, 1.165) is 5.56 Å². The van der Waals surface area contributed by atoms with Gasteiger partial charge in [0.05, 0.1) is 32.1 Å². The van der Waals surface area contributed by atoms with Gasteiger partial charge in [-0.15, -0.1) is 0 Å². The molecule has 24 heavy (non-hydrogen) atoms. The highest BCUT2D eigenvalue weighted by molar-refractivity contribution is 7.91. The number of hydrogen-bond donors (Lipinski definition) is 0. The van der Waals surface area contributed by atoms with Crippen molar-refractivity contribution >= 4 is 21.7 Å². The lowest BCUT2D eigenvalue weighted by molar-refractivity contribution is -0.148. The first-order chi connectivity index (χ1) is 11.3. The molecule has 1 atom stereocenters. The maximum atomic E-state index is 12.6. The lowest BCUT2D eigenvalue weighted by Gasteiger charge is -2.27. The number of esters is 1. The van der Waals surface area contributed by atoms with Crippen molar-refractivity contribution in [2.45, 2.75) is 18.9 Å². The molecule has 2 rings (SSSR count). The van der Waals surface area contributed by atoms with E-state index in [1.165, 1.54) is 12.0 Å². The highest BCUT2D eigenvalue weighted by Crippen LogP contribution is 2.20. The van der Waals surface area contributed by atoms with Gasteiger partial charge in [0.1, 0.15) is 12.3 Å². The van der Waals surface area contributed by atoms with Crippen LogP contribution < -0.4 is 4.74 Å². The van der Waals surface area contributed by atoms with Gasteiger partial charge in [0.25, 0.3) is 0 Å². The molecule has 0 bridgehead atoms. The van der Waals surface area contributed by atoms with Crippen molar-refractivity contribution in [3.8, 4) is 5.75 Å². The fourth-order valence-corrected chi connectivity index (χ4v) is 4.40. The van der Waals surface area contributed by atoms with Crippen molar-refractivity contribution < 1.29 is 27.5 Å². The molecule has 7 nitrogen and oxygen atoms in total. The van der Waals surface area contributed by atoms with Gasteiger partial charge in [0.2, 0.25) is 5.91 Å². The van der Waals surface area contributed by atoms with E-state index < -0.39 is 21.8 Å². The summed E-state index contributed by atoms with van der Waals surface area (Å²) in [5.41, 5.74) is 0.761. The van der Waals surface area contributed by atoms with Gasteiger partial charge >= 0.3 is 5.97 Å². The van der Waals surface area contributed by atoms with Gasteiger partial charge in [-0.1, -0.05) is 12.1 Å². The van der Waals surface area contributed by atoms with Crippen molar-refractivity contribution in [3.63, 3.8) is 0 Å². The normalized spacial score (nSPS) is 18.8. The molecule has 0 saturated carbocycles. The number of carbonyl (C=O) groups is 2. The molecule has 1 fully saturated rings. The number of ether oxygens (including phenoxy) is 2. The molecule has 1 unspecified atom stereocenters. The second kappa shape index (κ2) is 7.65. The summed E-state index contributed by atoms with van der Waals surface area (Å²) in [6, 6.07) is 6.53. The molecule has 0 spiro atoms. The van der Waals surface area contributed by atoms with Crippen LogP contribution in [0.15, 0.2) is 24.3 Å². The molecule has 1 saturated heterocycles. The highest BCUT2D eigenvalue weighted by Gasteiger charge is 2.35. The Hall–Kier alpha value is -2.09. The van der Waals surface area contributed by atoms with Crippen molar-refractivity contribution in [3.05, 3.63) is 29.8 Å². The quantitative estimate of drug-likeness (QED) is 0.687. The van der Waals surface area contributed by atoms with Crippen LogP contribution in [0, 0.1) is 0 Å². The SMILES string of the molecule is COC(=O)CN(C(=O)Cc1ccc(OC)cc1)C1CCS(=O)(=O)C1. The van der Waals surface area contributed by atoms with Crippen LogP contribution in [0.4, 0.5) is 0 Å². The first-order valence-electron chi connectivity index (χ1n) is 7.54. The monoisotopic (exact) mass is 355 g/mol. The molecule has 0 aliphatic carbocycles. The van der Waals surface area contributed by atoms with Gasteiger partial charge in [-0.05, 0) is 24.1 Å². The number of sulfone groups is 1. The number of carbonyl (C=O) groups excluding carboxylic acids is 2. The van der Waals surface area contributed by atoms with Crippen molar-refractivity contribution in [1.29, 1.82) is 0 Å². The Morgan fingerprint density at radius 2 is 1.88 bits per heavy atom. The standard InChI is InChI=1S/C16H21NO6S/c1-22-14-5-3-12(4-6-14)9-15(18)17(10-16(19)23-2)13-7-8-24(20,21)11-13/h3-6,13H,7-11H2,1-2H3. The molecule has 0 N–H and O–H groups in total. The van der Waals surface area contributed by atoms with E-state index in [1.807, 2.05) is 0 Å². The Morgan fingerprint density at radius 3 is 2.38 bits per heavy atom. The van der Waals surface area contributed by atoms with E-state index >= 15 is 0 Å². The van der Waals surface area contributed by atoms with Gasteiger partial charge in [-0.25, -0.2) is 8.42 Å². The summed E-state index contributed by atoms with van der Waals surface area (Å²) in [4.78, 5) is 25.5. The van der Waals surface area contributed by atoms with Crippen molar-refractivity contribution in [2.75, 3.05) is 32.3 Å². The second-order valence-corrected chi connectivity index (χ2v) is 7.91. The zero-order valence-corrected chi connectivity index (χ0v) is 14.5. The summed E-state index contributed by atoms with van der Waals surface area (Å²) in [6.07, 6.45) is 0.422. The largest absolute Gasteiger partial charge is 0.497 e. The first-order valence-corrected chi connectivity index (χ1v) is 9.36. The Kier molecular flexibility index (Phi) is 5.82. The topological polar surface area (TPSA) is 90.0 Å². The van der Waals surface area contributed by atoms with Crippen LogP contribution in [0.1, 0.15) is 12.0 Å². The molecule has 0 aromatic heterocycles. The lowest BCUT2D eigenvalue weighted by atomic mass is 10.1. The van der Waals surface area contributed by atoms with Crippen LogP contribution in [0.25, 0.3) is 0 Å². The van der Waals surface area contributed by atoms with Gasteiger partial charge < -0.3 is 14.4 Å². The van der Waals surface area contributed by atoms with E-state index in [-0.39, 0.29) is 30.4 Å². The minimum atomic E-state index is -3.16. The van der Waals surface area contributed by atoms with E-state index in [1.54, 1.807) is 31.4 Å².